The van der Waals surface area contributed by atoms with Crippen molar-refractivity contribution in [3.63, 3.8) is 0 Å². The van der Waals surface area contributed by atoms with Crippen LogP contribution in [0.15, 0.2) is 10.8 Å². The van der Waals surface area contributed by atoms with Gasteiger partial charge in [-0.15, -0.1) is 0 Å². The number of nitrogens with one attached hydrogen (secondary N) is 1. The molecular formula is C11H19NOS. The van der Waals surface area contributed by atoms with Gasteiger partial charge in [0.15, 0.2) is 0 Å². The monoisotopic (exact) mass is 213 g/mol. The second-order valence-electron chi connectivity index (χ2n) is 3.73. The fraction of sp³-hybridized carbons (Fsp3) is 0.636. The summed E-state index contributed by atoms with van der Waals surface area (Å²) >= 11 is 1.75. The Balaban J connectivity index is 2.58. The van der Waals surface area contributed by atoms with Gasteiger partial charge < -0.3 is 10.1 Å². The summed E-state index contributed by atoms with van der Waals surface area (Å²) in [6.45, 7) is 7.01. The molecule has 0 fully saturated rings. The molecule has 0 aliphatic heterocycles. The van der Waals surface area contributed by atoms with Gasteiger partial charge in [-0.05, 0) is 49.7 Å². The second-order valence-corrected chi connectivity index (χ2v) is 4.48. The smallest absolute Gasteiger partial charge is 0.0665 e. The van der Waals surface area contributed by atoms with Gasteiger partial charge in [0.2, 0.25) is 0 Å². The van der Waals surface area contributed by atoms with E-state index in [0.717, 1.165) is 6.61 Å². The summed E-state index contributed by atoms with van der Waals surface area (Å²) in [7, 11) is 1.98. The number of ether oxygens (including phenoxy) is 1. The topological polar surface area (TPSA) is 21.3 Å². The number of thiophene rings is 1. The van der Waals surface area contributed by atoms with Crippen molar-refractivity contribution in [2.75, 3.05) is 13.7 Å². The van der Waals surface area contributed by atoms with Crippen molar-refractivity contribution in [1.29, 1.82) is 0 Å². The fourth-order valence-corrected chi connectivity index (χ4v) is 2.25. The van der Waals surface area contributed by atoms with Crippen LogP contribution in [-0.4, -0.2) is 19.8 Å². The Hall–Kier alpha value is -0.380. The van der Waals surface area contributed by atoms with Crippen LogP contribution in [0.25, 0.3) is 0 Å². The van der Waals surface area contributed by atoms with Crippen molar-refractivity contribution in [3.8, 4) is 0 Å². The van der Waals surface area contributed by atoms with Gasteiger partial charge in [-0.2, -0.15) is 11.3 Å². The van der Waals surface area contributed by atoms with Crippen LogP contribution in [0.2, 0.25) is 0 Å². The lowest BCUT2D eigenvalue weighted by Crippen LogP contribution is -2.23. The predicted octanol–water partition coefficient (Wildman–Crippen LogP) is 2.74. The first-order chi connectivity index (χ1) is 6.65. The Kier molecular flexibility index (Phi) is 4.58. The molecular weight excluding hydrogens is 194 g/mol. The fourth-order valence-electron chi connectivity index (χ4n) is 1.34. The molecule has 1 rings (SSSR count). The highest BCUT2D eigenvalue weighted by Gasteiger charge is 2.12. The number of hydrogen-bond acceptors (Lipinski definition) is 3. The van der Waals surface area contributed by atoms with Crippen molar-refractivity contribution in [3.05, 3.63) is 21.9 Å². The Morgan fingerprint density at radius 2 is 2.14 bits per heavy atom. The zero-order valence-electron chi connectivity index (χ0n) is 9.33. The van der Waals surface area contributed by atoms with E-state index in [2.05, 4.69) is 36.8 Å². The van der Waals surface area contributed by atoms with Crippen LogP contribution >= 0.6 is 11.3 Å². The number of aryl methyl sites for hydroxylation is 1. The van der Waals surface area contributed by atoms with Gasteiger partial charge in [-0.25, -0.2) is 0 Å². The maximum atomic E-state index is 5.62. The largest absolute Gasteiger partial charge is 0.377 e. The van der Waals surface area contributed by atoms with Gasteiger partial charge in [0.1, 0.15) is 0 Å². The van der Waals surface area contributed by atoms with Gasteiger partial charge in [0, 0.05) is 0 Å². The van der Waals surface area contributed by atoms with Crippen molar-refractivity contribution in [2.24, 2.45) is 0 Å². The lowest BCUT2D eigenvalue weighted by molar-refractivity contribution is 0.0626. The maximum absolute atomic E-state index is 5.62. The standard InChI is InChI=1S/C11H19NOS/c1-8(2)13-5-11(12-4)10-7-14-6-9(10)3/h6-8,11-12H,5H2,1-4H3. The first-order valence-electron chi connectivity index (χ1n) is 4.96. The average Bonchev–Trinajstić information content (AvgIpc) is 2.53. The molecule has 0 saturated carbocycles. The molecule has 80 valence electrons. The van der Waals surface area contributed by atoms with E-state index in [1.165, 1.54) is 11.1 Å². The van der Waals surface area contributed by atoms with Gasteiger partial charge >= 0.3 is 0 Å². The zero-order chi connectivity index (χ0) is 10.6. The number of hydrogen-bond donors (Lipinski definition) is 1. The molecule has 14 heavy (non-hydrogen) atoms. The van der Waals surface area contributed by atoms with Crippen molar-refractivity contribution in [2.45, 2.75) is 32.9 Å². The number of likely N-dealkylation sites (N-methyl/N-ethyl adjacent to an activating group) is 1. The molecule has 1 aromatic heterocycles. The normalized spacial score (nSPS) is 13.5. The molecule has 1 N–H and O–H groups in total. The van der Waals surface area contributed by atoms with E-state index in [4.69, 9.17) is 4.74 Å². The zero-order valence-corrected chi connectivity index (χ0v) is 10.1. The SMILES string of the molecule is CNC(COC(C)C)c1cscc1C. The first-order valence-corrected chi connectivity index (χ1v) is 5.91. The molecule has 1 atom stereocenters. The van der Waals surface area contributed by atoms with Crippen LogP contribution in [0.3, 0.4) is 0 Å². The van der Waals surface area contributed by atoms with Crippen LogP contribution in [0.4, 0.5) is 0 Å². The van der Waals surface area contributed by atoms with E-state index in [0.29, 0.717) is 12.1 Å². The van der Waals surface area contributed by atoms with Crippen LogP contribution in [0, 0.1) is 6.92 Å². The highest BCUT2D eigenvalue weighted by molar-refractivity contribution is 7.08. The van der Waals surface area contributed by atoms with Crippen LogP contribution in [0.5, 0.6) is 0 Å². The molecule has 0 radical (unpaired) electrons. The van der Waals surface area contributed by atoms with E-state index in [1.54, 1.807) is 11.3 Å². The minimum Gasteiger partial charge on any atom is -0.377 e. The van der Waals surface area contributed by atoms with Crippen molar-refractivity contribution in [1.82, 2.24) is 5.32 Å². The molecule has 0 amide bonds. The summed E-state index contributed by atoms with van der Waals surface area (Å²) in [5, 5.41) is 7.65. The third-order valence-corrected chi connectivity index (χ3v) is 3.09. The minimum absolute atomic E-state index is 0.296. The minimum atomic E-state index is 0.296. The molecule has 0 aliphatic carbocycles. The lowest BCUT2D eigenvalue weighted by Gasteiger charge is -2.18. The summed E-state index contributed by atoms with van der Waals surface area (Å²) in [6, 6.07) is 0.323. The summed E-state index contributed by atoms with van der Waals surface area (Å²) < 4.78 is 5.62. The quantitative estimate of drug-likeness (QED) is 0.812. The summed E-state index contributed by atoms with van der Waals surface area (Å²) in [6.07, 6.45) is 0.296. The Morgan fingerprint density at radius 1 is 1.43 bits per heavy atom. The van der Waals surface area contributed by atoms with E-state index >= 15 is 0 Å². The molecule has 1 unspecified atom stereocenters. The lowest BCUT2D eigenvalue weighted by atomic mass is 10.1. The van der Waals surface area contributed by atoms with Gasteiger partial charge in [0.05, 0.1) is 18.8 Å². The Morgan fingerprint density at radius 3 is 2.57 bits per heavy atom. The first kappa shape index (κ1) is 11.7. The molecule has 0 aromatic carbocycles. The molecule has 0 saturated heterocycles. The highest BCUT2D eigenvalue weighted by atomic mass is 32.1. The molecule has 0 spiro atoms. The van der Waals surface area contributed by atoms with Crippen molar-refractivity contribution >= 4 is 11.3 Å². The van der Waals surface area contributed by atoms with Gasteiger partial charge in [0.25, 0.3) is 0 Å². The highest BCUT2D eigenvalue weighted by Crippen LogP contribution is 2.21. The van der Waals surface area contributed by atoms with Crippen LogP contribution < -0.4 is 5.32 Å². The van der Waals surface area contributed by atoms with Gasteiger partial charge in [-0.1, -0.05) is 0 Å². The summed E-state index contributed by atoms with van der Waals surface area (Å²) in [5.74, 6) is 0. The maximum Gasteiger partial charge on any atom is 0.0665 e. The van der Waals surface area contributed by atoms with E-state index in [-0.39, 0.29) is 0 Å². The third kappa shape index (κ3) is 3.08. The molecule has 1 heterocycles. The van der Waals surface area contributed by atoms with Gasteiger partial charge in [-0.3, -0.25) is 0 Å². The predicted molar refractivity (Wildman–Crippen MR) is 61.9 cm³/mol. The van der Waals surface area contributed by atoms with Crippen LogP contribution in [-0.2, 0) is 4.74 Å². The third-order valence-electron chi connectivity index (χ3n) is 2.22. The summed E-state index contributed by atoms with van der Waals surface area (Å²) in [5.41, 5.74) is 2.71. The van der Waals surface area contributed by atoms with Crippen molar-refractivity contribution < 1.29 is 4.74 Å². The second kappa shape index (κ2) is 5.49. The Bertz CT molecular complexity index is 270. The molecule has 0 aliphatic rings. The van der Waals surface area contributed by atoms with E-state index in [9.17, 15) is 0 Å². The number of rotatable bonds is 5. The van der Waals surface area contributed by atoms with E-state index in [1.807, 2.05) is 7.05 Å². The molecule has 3 heteroatoms. The molecule has 1 aromatic rings. The van der Waals surface area contributed by atoms with E-state index < -0.39 is 0 Å². The van der Waals surface area contributed by atoms with Crippen LogP contribution in [0.1, 0.15) is 31.0 Å². The average molecular weight is 213 g/mol. The molecule has 0 bridgehead atoms. The Labute approximate surface area is 90.3 Å². The molecule has 2 nitrogen and oxygen atoms in total. The summed E-state index contributed by atoms with van der Waals surface area (Å²) in [4.78, 5) is 0.